The summed E-state index contributed by atoms with van der Waals surface area (Å²) in [5, 5.41) is 9.04. The minimum Gasteiger partial charge on any atom is -0.298 e. The van der Waals surface area contributed by atoms with E-state index < -0.39 is 0 Å². The Morgan fingerprint density at radius 2 is 1.87 bits per heavy atom. The third-order valence-electron chi connectivity index (χ3n) is 3.63. The Balaban J connectivity index is 2.10. The van der Waals surface area contributed by atoms with Gasteiger partial charge < -0.3 is 0 Å². The fourth-order valence-corrected chi connectivity index (χ4v) is 3.57. The number of hydrogen-bond donors (Lipinski definition) is 0. The Hall–Kier alpha value is -2.38. The highest BCUT2D eigenvalue weighted by atomic mass is 32.1. The second-order valence-electron chi connectivity index (χ2n) is 6.89. The van der Waals surface area contributed by atoms with Crippen molar-refractivity contribution in [1.29, 1.82) is 5.26 Å². The number of rotatable bonds is 2. The molecule has 0 aliphatic rings. The van der Waals surface area contributed by atoms with Crippen LogP contribution in [0.5, 0.6) is 0 Å². The molecule has 0 bridgehead atoms. The number of nitrogens with zero attached hydrogens (tertiary/aromatic N) is 2. The van der Waals surface area contributed by atoms with E-state index >= 15 is 0 Å². The summed E-state index contributed by atoms with van der Waals surface area (Å²) in [5.41, 5.74) is 3.70. The van der Waals surface area contributed by atoms with Gasteiger partial charge in [-0.25, -0.2) is 0 Å². The predicted octanol–water partition coefficient (Wildman–Crippen LogP) is 4.65. The molecule has 0 N–H and O–H groups in total. The summed E-state index contributed by atoms with van der Waals surface area (Å²) < 4.78 is 2.84. The van der Waals surface area contributed by atoms with Gasteiger partial charge in [0, 0.05) is 6.54 Å². The first-order valence-corrected chi connectivity index (χ1v) is 8.33. The number of nitriles is 1. The summed E-state index contributed by atoms with van der Waals surface area (Å²) in [5.74, 6) is 0. The highest BCUT2D eigenvalue weighted by Gasteiger charge is 2.16. The third-order valence-corrected chi connectivity index (χ3v) is 4.57. The van der Waals surface area contributed by atoms with E-state index in [1.54, 1.807) is 6.07 Å². The Morgan fingerprint density at radius 3 is 2.57 bits per heavy atom. The summed E-state index contributed by atoms with van der Waals surface area (Å²) >= 11 is 1.28. The number of aromatic nitrogens is 1. The van der Waals surface area contributed by atoms with Gasteiger partial charge in [-0.3, -0.25) is 9.36 Å². The summed E-state index contributed by atoms with van der Waals surface area (Å²) in [7, 11) is 0. The van der Waals surface area contributed by atoms with Crippen LogP contribution in [-0.2, 0) is 6.54 Å². The maximum Gasteiger partial charge on any atom is 0.308 e. The monoisotopic (exact) mass is 322 g/mol. The number of hydrogen-bond acceptors (Lipinski definition) is 3. The van der Waals surface area contributed by atoms with Crippen LogP contribution in [0.2, 0.25) is 0 Å². The topological polar surface area (TPSA) is 45.8 Å². The summed E-state index contributed by atoms with van der Waals surface area (Å²) in [6.07, 6.45) is 0. The van der Waals surface area contributed by atoms with Crippen LogP contribution >= 0.6 is 11.3 Å². The Morgan fingerprint density at radius 1 is 1.13 bits per heavy atom. The summed E-state index contributed by atoms with van der Waals surface area (Å²) in [4.78, 5) is 12.4. The van der Waals surface area contributed by atoms with E-state index in [-0.39, 0.29) is 10.3 Å². The van der Waals surface area contributed by atoms with E-state index in [1.807, 2.05) is 41.0 Å². The van der Waals surface area contributed by atoms with Crippen LogP contribution < -0.4 is 4.87 Å². The lowest BCUT2D eigenvalue weighted by Gasteiger charge is -2.18. The van der Waals surface area contributed by atoms with E-state index in [4.69, 9.17) is 5.26 Å². The smallest absolute Gasteiger partial charge is 0.298 e. The van der Waals surface area contributed by atoms with Gasteiger partial charge in [-0.15, -0.1) is 0 Å². The zero-order valence-electron chi connectivity index (χ0n) is 13.5. The van der Waals surface area contributed by atoms with Gasteiger partial charge in [-0.05, 0) is 40.8 Å². The molecule has 2 aromatic carbocycles. The van der Waals surface area contributed by atoms with Crippen molar-refractivity contribution < 1.29 is 0 Å². The molecule has 3 rings (SSSR count). The van der Waals surface area contributed by atoms with Gasteiger partial charge in [0.1, 0.15) is 0 Å². The average molecular weight is 322 g/mol. The van der Waals surface area contributed by atoms with Crippen molar-refractivity contribution >= 4 is 21.6 Å². The molecule has 3 aromatic rings. The molecule has 0 saturated heterocycles. The van der Waals surface area contributed by atoms with E-state index in [0.717, 1.165) is 21.3 Å². The van der Waals surface area contributed by atoms with Gasteiger partial charge in [0.05, 0.1) is 21.8 Å². The maximum absolute atomic E-state index is 12.3. The van der Waals surface area contributed by atoms with Gasteiger partial charge in [-0.2, -0.15) is 5.26 Å². The van der Waals surface area contributed by atoms with Crippen molar-refractivity contribution in [1.82, 2.24) is 4.57 Å². The van der Waals surface area contributed by atoms with Gasteiger partial charge in [0.2, 0.25) is 0 Å². The molecule has 0 unspecified atom stereocenters. The van der Waals surface area contributed by atoms with Gasteiger partial charge in [0.15, 0.2) is 0 Å². The standard InChI is InChI=1S/C19H18N2OS/c1-19(2,3)12-21-16-8-7-15(10-17(16)23-18(21)22)14-6-4-5-13(9-14)11-20/h4-10H,12H2,1-3H3. The van der Waals surface area contributed by atoms with E-state index in [0.29, 0.717) is 12.1 Å². The minimum absolute atomic E-state index is 0.0532. The van der Waals surface area contributed by atoms with Crippen molar-refractivity contribution in [2.75, 3.05) is 0 Å². The van der Waals surface area contributed by atoms with E-state index in [2.05, 4.69) is 26.8 Å². The van der Waals surface area contributed by atoms with Crippen LogP contribution in [0.1, 0.15) is 26.3 Å². The molecule has 0 spiro atoms. The zero-order valence-corrected chi connectivity index (χ0v) is 14.3. The number of fused-ring (bicyclic) bond motifs is 1. The third kappa shape index (κ3) is 3.20. The zero-order chi connectivity index (χ0) is 16.6. The molecular formula is C19H18N2OS. The molecule has 0 atom stereocenters. The largest absolute Gasteiger partial charge is 0.308 e. The molecule has 0 amide bonds. The van der Waals surface area contributed by atoms with Gasteiger partial charge in [0.25, 0.3) is 0 Å². The van der Waals surface area contributed by atoms with Crippen LogP contribution in [0.25, 0.3) is 21.3 Å². The highest BCUT2D eigenvalue weighted by molar-refractivity contribution is 7.16. The fourth-order valence-electron chi connectivity index (χ4n) is 2.64. The molecule has 0 saturated carbocycles. The Kier molecular flexibility index (Phi) is 3.83. The van der Waals surface area contributed by atoms with Crippen LogP contribution in [0, 0.1) is 16.7 Å². The van der Waals surface area contributed by atoms with Crippen molar-refractivity contribution in [3.8, 4) is 17.2 Å². The van der Waals surface area contributed by atoms with Crippen molar-refractivity contribution in [3.63, 3.8) is 0 Å². The molecule has 1 heterocycles. The lowest BCUT2D eigenvalue weighted by atomic mass is 9.97. The van der Waals surface area contributed by atoms with E-state index in [9.17, 15) is 4.79 Å². The number of benzene rings is 2. The van der Waals surface area contributed by atoms with Crippen LogP contribution in [-0.4, -0.2) is 4.57 Å². The fraction of sp³-hybridized carbons (Fsp3) is 0.263. The highest BCUT2D eigenvalue weighted by Crippen LogP contribution is 2.28. The molecule has 0 aliphatic carbocycles. The predicted molar refractivity (Wildman–Crippen MR) is 95.7 cm³/mol. The summed E-state index contributed by atoms with van der Waals surface area (Å²) in [6, 6.07) is 15.8. The lowest BCUT2D eigenvalue weighted by molar-refractivity contribution is 0.346. The molecule has 116 valence electrons. The van der Waals surface area contributed by atoms with Crippen molar-refractivity contribution in [2.45, 2.75) is 27.3 Å². The average Bonchev–Trinajstić information content (AvgIpc) is 2.81. The molecule has 0 radical (unpaired) electrons. The molecule has 23 heavy (non-hydrogen) atoms. The first kappa shape index (κ1) is 15.5. The molecule has 4 heteroatoms. The first-order valence-electron chi connectivity index (χ1n) is 7.51. The second-order valence-corrected chi connectivity index (χ2v) is 7.88. The molecule has 0 aliphatic heterocycles. The Labute approximate surface area is 139 Å². The van der Waals surface area contributed by atoms with Gasteiger partial charge in [-0.1, -0.05) is 50.3 Å². The maximum atomic E-state index is 12.3. The quantitative estimate of drug-likeness (QED) is 0.689. The molecule has 1 aromatic heterocycles. The molecule has 3 nitrogen and oxygen atoms in total. The van der Waals surface area contributed by atoms with Crippen LogP contribution in [0.3, 0.4) is 0 Å². The van der Waals surface area contributed by atoms with Crippen molar-refractivity contribution in [2.24, 2.45) is 5.41 Å². The van der Waals surface area contributed by atoms with E-state index in [1.165, 1.54) is 11.3 Å². The van der Waals surface area contributed by atoms with Crippen molar-refractivity contribution in [3.05, 3.63) is 57.7 Å². The molecule has 0 fully saturated rings. The van der Waals surface area contributed by atoms with Crippen LogP contribution in [0.4, 0.5) is 0 Å². The van der Waals surface area contributed by atoms with Crippen LogP contribution in [0.15, 0.2) is 47.3 Å². The van der Waals surface area contributed by atoms with Gasteiger partial charge >= 0.3 is 4.87 Å². The normalized spacial score (nSPS) is 11.6. The first-order chi connectivity index (χ1) is 10.9. The minimum atomic E-state index is 0.0532. The lowest BCUT2D eigenvalue weighted by Crippen LogP contribution is -2.22. The number of thiazole rings is 1. The SMILES string of the molecule is CC(C)(C)Cn1c(=O)sc2cc(-c3cccc(C#N)c3)ccc21. The Bertz CT molecular complexity index is 967. The molecular weight excluding hydrogens is 304 g/mol. The summed E-state index contributed by atoms with van der Waals surface area (Å²) in [6.45, 7) is 7.09. The second kappa shape index (κ2) is 5.68.